The molecular weight excluding hydrogens is 626 g/mol. The number of para-hydroxylation sites is 2. The molecule has 4 heterocycles. The minimum absolute atomic E-state index is 0.0915. The summed E-state index contributed by atoms with van der Waals surface area (Å²) in [6.07, 6.45) is 7.88. The molecular formula is C38H46FN5O3S. The third-order valence-corrected chi connectivity index (χ3v) is 12.7. The summed E-state index contributed by atoms with van der Waals surface area (Å²) >= 11 is 0. The fourth-order valence-corrected chi connectivity index (χ4v) is 9.89. The number of rotatable bonds is 10. The number of likely N-dealkylation sites (tertiary alicyclic amines) is 1. The number of aromatic nitrogens is 2. The minimum Gasteiger partial charge on any atom is -0.338 e. The first-order chi connectivity index (χ1) is 23.2. The predicted octanol–water partition coefficient (Wildman–Crippen LogP) is 6.60. The van der Waals surface area contributed by atoms with Gasteiger partial charge in [0.1, 0.15) is 11.6 Å². The lowest BCUT2D eigenvalue weighted by Crippen LogP contribution is -2.49. The summed E-state index contributed by atoms with van der Waals surface area (Å²) in [5.74, 6) is -0.0592. The molecule has 7 rings (SSSR count). The number of hydrogen-bond acceptors (Lipinski definition) is 5. The Kier molecular flexibility index (Phi) is 9.17. The van der Waals surface area contributed by atoms with E-state index in [4.69, 9.17) is 4.98 Å². The van der Waals surface area contributed by atoms with E-state index in [-0.39, 0.29) is 22.4 Å². The van der Waals surface area contributed by atoms with Crippen LogP contribution in [0.5, 0.6) is 0 Å². The number of piperidine rings is 2. The number of amides is 1. The Bertz CT molecular complexity index is 1870. The molecule has 1 unspecified atom stereocenters. The summed E-state index contributed by atoms with van der Waals surface area (Å²) in [6.45, 7) is 6.25. The molecule has 0 spiro atoms. The van der Waals surface area contributed by atoms with Gasteiger partial charge in [-0.05, 0) is 106 Å². The van der Waals surface area contributed by atoms with Crippen molar-refractivity contribution in [3.8, 4) is 0 Å². The van der Waals surface area contributed by atoms with Crippen LogP contribution < -0.4 is 4.72 Å². The summed E-state index contributed by atoms with van der Waals surface area (Å²) in [4.78, 5) is 22.9. The Labute approximate surface area is 283 Å². The Morgan fingerprint density at radius 2 is 1.65 bits per heavy atom. The van der Waals surface area contributed by atoms with Crippen molar-refractivity contribution < 1.29 is 17.6 Å². The van der Waals surface area contributed by atoms with E-state index in [9.17, 15) is 17.6 Å². The van der Waals surface area contributed by atoms with Crippen LogP contribution in [0.25, 0.3) is 11.0 Å². The number of nitrogens with zero attached hydrogens (tertiary/aromatic N) is 4. The van der Waals surface area contributed by atoms with Gasteiger partial charge in [-0.3, -0.25) is 9.69 Å². The number of fused-ring (bicyclic) bond motifs is 3. The highest BCUT2D eigenvalue weighted by Crippen LogP contribution is 2.45. The first kappa shape index (κ1) is 32.9. The van der Waals surface area contributed by atoms with E-state index >= 15 is 0 Å². The van der Waals surface area contributed by atoms with Crippen LogP contribution in [0, 0.1) is 12.7 Å². The van der Waals surface area contributed by atoms with E-state index in [0.717, 1.165) is 56.1 Å². The molecule has 3 aromatic carbocycles. The highest BCUT2D eigenvalue weighted by atomic mass is 32.2. The third-order valence-electron chi connectivity index (χ3n) is 11.3. The maximum Gasteiger partial charge on any atom is 0.256 e. The maximum absolute atomic E-state index is 15.0. The third kappa shape index (κ3) is 6.18. The van der Waals surface area contributed by atoms with Crippen LogP contribution >= 0.6 is 0 Å². The second kappa shape index (κ2) is 13.4. The van der Waals surface area contributed by atoms with E-state index in [2.05, 4.69) is 69.6 Å². The standard InChI is InChI=1S/C38H46FN5O3S/c1-3-20-40-48(46,47)32-15-16-34(39)33(26-32)37(45)42-21-17-38(18-22-42,28-9-5-4-6-10-28)19-23-43-29-13-14-30(43)25-31(24-29)44-27(2)41-35-11-7-8-12-36(35)44/h4-12,15-16,26,29-31,40H,3,13-14,17-25H2,1-2H3/t29-,30+,31?. The zero-order valence-electron chi connectivity index (χ0n) is 27.9. The SMILES string of the molecule is CCCNS(=O)(=O)c1ccc(F)c(C(=O)N2CCC(CCN3[C@@H]4CC[C@H]3CC(n3c(C)nc5ccccc53)C4)(c3ccccc3)CC2)c1. The fraction of sp³-hybridized carbons (Fsp3) is 0.474. The molecule has 0 saturated carbocycles. The summed E-state index contributed by atoms with van der Waals surface area (Å²) in [5, 5.41) is 0. The van der Waals surface area contributed by atoms with Crippen LogP contribution in [0.4, 0.5) is 4.39 Å². The quantitative estimate of drug-likeness (QED) is 0.205. The number of aryl methyl sites for hydroxylation is 1. The van der Waals surface area contributed by atoms with Crippen molar-refractivity contribution in [2.75, 3.05) is 26.2 Å². The Hall–Kier alpha value is -3.60. The molecule has 4 aromatic rings. The van der Waals surface area contributed by atoms with Gasteiger partial charge in [-0.25, -0.2) is 22.5 Å². The monoisotopic (exact) mass is 671 g/mol. The summed E-state index contributed by atoms with van der Waals surface area (Å²) in [6, 6.07) is 24.1. The fourth-order valence-electron chi connectivity index (χ4n) is 8.73. The van der Waals surface area contributed by atoms with E-state index in [1.807, 2.05) is 13.0 Å². The Balaban J connectivity index is 1.06. The molecule has 1 amide bonds. The van der Waals surface area contributed by atoms with Gasteiger partial charge in [0.2, 0.25) is 10.0 Å². The van der Waals surface area contributed by atoms with Crippen LogP contribution in [0.1, 0.15) is 86.1 Å². The van der Waals surface area contributed by atoms with Crippen LogP contribution in [0.3, 0.4) is 0 Å². The zero-order valence-corrected chi connectivity index (χ0v) is 28.8. The molecule has 2 bridgehead atoms. The Morgan fingerprint density at radius 3 is 2.35 bits per heavy atom. The topological polar surface area (TPSA) is 87.5 Å². The molecule has 1 N–H and O–H groups in total. The van der Waals surface area contributed by atoms with Crippen LogP contribution in [0.15, 0.2) is 77.7 Å². The number of benzene rings is 3. The molecule has 3 atom stereocenters. The lowest BCUT2D eigenvalue weighted by Gasteiger charge is -2.45. The normalized spacial score (nSPS) is 22.7. The van der Waals surface area contributed by atoms with Crippen molar-refractivity contribution in [1.29, 1.82) is 0 Å². The summed E-state index contributed by atoms with van der Waals surface area (Å²) in [7, 11) is -3.83. The predicted molar refractivity (Wildman–Crippen MR) is 186 cm³/mol. The van der Waals surface area contributed by atoms with Crippen molar-refractivity contribution in [3.63, 3.8) is 0 Å². The lowest BCUT2D eigenvalue weighted by molar-refractivity contribution is 0.0603. The van der Waals surface area contributed by atoms with Crippen LogP contribution in [-0.4, -0.2) is 71.9 Å². The summed E-state index contributed by atoms with van der Waals surface area (Å²) < 4.78 is 45.4. The average Bonchev–Trinajstić information content (AvgIpc) is 3.56. The molecule has 3 aliphatic heterocycles. The van der Waals surface area contributed by atoms with Crippen molar-refractivity contribution in [2.45, 2.75) is 93.7 Å². The maximum atomic E-state index is 15.0. The van der Waals surface area contributed by atoms with Gasteiger partial charge < -0.3 is 9.47 Å². The average molecular weight is 672 g/mol. The van der Waals surface area contributed by atoms with Crippen molar-refractivity contribution in [2.24, 2.45) is 0 Å². The molecule has 254 valence electrons. The van der Waals surface area contributed by atoms with Gasteiger partial charge in [0.25, 0.3) is 5.91 Å². The van der Waals surface area contributed by atoms with Gasteiger partial charge in [-0.1, -0.05) is 49.4 Å². The van der Waals surface area contributed by atoms with Crippen LogP contribution in [-0.2, 0) is 15.4 Å². The Morgan fingerprint density at radius 1 is 0.958 bits per heavy atom. The number of imidazole rings is 1. The molecule has 48 heavy (non-hydrogen) atoms. The molecule has 8 nitrogen and oxygen atoms in total. The zero-order chi connectivity index (χ0) is 33.5. The van der Waals surface area contributed by atoms with Crippen molar-refractivity contribution in [1.82, 2.24) is 24.1 Å². The summed E-state index contributed by atoms with van der Waals surface area (Å²) in [5.41, 5.74) is 3.31. The number of sulfonamides is 1. The van der Waals surface area contributed by atoms with Crippen molar-refractivity contribution in [3.05, 3.63) is 95.6 Å². The second-order valence-corrected chi connectivity index (χ2v) is 15.8. The highest BCUT2D eigenvalue weighted by Gasteiger charge is 2.44. The number of nitrogens with one attached hydrogen (secondary N) is 1. The second-order valence-electron chi connectivity index (χ2n) is 14.0. The van der Waals surface area contributed by atoms with Gasteiger partial charge in [-0.15, -0.1) is 0 Å². The molecule has 1 aromatic heterocycles. The lowest BCUT2D eigenvalue weighted by atomic mass is 9.70. The largest absolute Gasteiger partial charge is 0.338 e. The molecule has 0 radical (unpaired) electrons. The number of halogens is 1. The molecule has 3 aliphatic rings. The van der Waals surface area contributed by atoms with E-state index < -0.39 is 21.7 Å². The van der Waals surface area contributed by atoms with E-state index in [1.54, 1.807) is 4.90 Å². The molecule has 0 aliphatic carbocycles. The van der Waals surface area contributed by atoms with Gasteiger partial charge in [-0.2, -0.15) is 0 Å². The van der Waals surface area contributed by atoms with Gasteiger partial charge >= 0.3 is 0 Å². The van der Waals surface area contributed by atoms with E-state index in [0.29, 0.717) is 37.6 Å². The minimum atomic E-state index is -3.83. The number of carbonyl (C=O) groups excluding carboxylic acids is 1. The van der Waals surface area contributed by atoms with E-state index in [1.165, 1.54) is 36.1 Å². The molecule has 3 saturated heterocycles. The molecule has 10 heteroatoms. The molecule has 3 fully saturated rings. The van der Waals surface area contributed by atoms with Gasteiger partial charge in [0.05, 0.1) is 21.5 Å². The number of hydrogen-bond donors (Lipinski definition) is 1. The van der Waals surface area contributed by atoms with Crippen molar-refractivity contribution >= 4 is 27.0 Å². The first-order valence-electron chi connectivity index (χ1n) is 17.5. The van der Waals surface area contributed by atoms with Gasteiger partial charge in [0, 0.05) is 37.8 Å². The van der Waals surface area contributed by atoms with Crippen LogP contribution in [0.2, 0.25) is 0 Å². The smallest absolute Gasteiger partial charge is 0.256 e. The first-order valence-corrected chi connectivity index (χ1v) is 19.0. The highest BCUT2D eigenvalue weighted by molar-refractivity contribution is 7.89. The van der Waals surface area contributed by atoms with Gasteiger partial charge in [0.15, 0.2) is 0 Å². The number of carbonyl (C=O) groups is 1.